The van der Waals surface area contributed by atoms with Crippen molar-refractivity contribution in [3.05, 3.63) is 0 Å². The summed E-state index contributed by atoms with van der Waals surface area (Å²) >= 11 is 0. The van der Waals surface area contributed by atoms with E-state index in [9.17, 15) is 14.7 Å². The molecule has 2 N–H and O–H groups in total. The second-order valence-electron chi connectivity index (χ2n) is 8.89. The molecule has 146 valence electrons. The van der Waals surface area contributed by atoms with Crippen molar-refractivity contribution in [2.75, 3.05) is 19.6 Å². The van der Waals surface area contributed by atoms with Gasteiger partial charge in [0.1, 0.15) is 5.60 Å². The van der Waals surface area contributed by atoms with Crippen molar-refractivity contribution >= 4 is 12.0 Å². The molecule has 1 atom stereocenters. The van der Waals surface area contributed by atoms with Crippen LogP contribution in [0.5, 0.6) is 0 Å². The lowest BCUT2D eigenvalue weighted by atomic mass is 9.93. The highest BCUT2D eigenvalue weighted by Gasteiger charge is 2.31. The molecule has 0 spiro atoms. The summed E-state index contributed by atoms with van der Waals surface area (Å²) in [5.41, 5.74) is -1.38. The summed E-state index contributed by atoms with van der Waals surface area (Å²) < 4.78 is 5.36. The molecule has 1 aliphatic heterocycles. The molecular weight excluding hydrogens is 320 g/mol. The molecule has 6 nitrogen and oxygen atoms in total. The minimum atomic E-state index is -0.878. The fourth-order valence-corrected chi connectivity index (χ4v) is 2.76. The Balaban J connectivity index is 2.37. The predicted molar refractivity (Wildman–Crippen MR) is 98.2 cm³/mol. The highest BCUT2D eigenvalue weighted by molar-refractivity contribution is 5.79. The number of nitrogens with one attached hydrogen (secondary N) is 1. The van der Waals surface area contributed by atoms with E-state index in [1.165, 1.54) is 0 Å². The molecule has 2 amide bonds. The zero-order valence-corrected chi connectivity index (χ0v) is 16.7. The molecule has 0 aromatic heterocycles. The molecule has 0 bridgehead atoms. The van der Waals surface area contributed by atoms with Gasteiger partial charge in [-0.25, -0.2) is 4.79 Å². The molecule has 1 aliphatic rings. The predicted octanol–water partition coefficient (Wildman–Crippen LogP) is 2.94. The lowest BCUT2D eigenvalue weighted by Crippen LogP contribution is -2.47. The van der Waals surface area contributed by atoms with Gasteiger partial charge in [-0.15, -0.1) is 0 Å². The first-order chi connectivity index (χ1) is 11.4. The third-order valence-corrected chi connectivity index (χ3v) is 4.42. The number of hydrogen-bond donors (Lipinski definition) is 2. The number of ether oxygens (including phenoxy) is 1. The monoisotopic (exact) mass is 356 g/mol. The van der Waals surface area contributed by atoms with Crippen molar-refractivity contribution < 1.29 is 19.4 Å². The summed E-state index contributed by atoms with van der Waals surface area (Å²) in [6.45, 7) is 12.8. The zero-order valence-electron chi connectivity index (χ0n) is 16.7. The van der Waals surface area contributed by atoms with E-state index in [1.807, 2.05) is 20.8 Å². The van der Waals surface area contributed by atoms with Gasteiger partial charge in [-0.3, -0.25) is 4.79 Å². The Kier molecular flexibility index (Phi) is 7.72. The van der Waals surface area contributed by atoms with Gasteiger partial charge in [-0.1, -0.05) is 13.8 Å². The van der Waals surface area contributed by atoms with Crippen molar-refractivity contribution in [1.82, 2.24) is 10.2 Å². The minimum Gasteiger partial charge on any atom is -0.444 e. The number of piperidine rings is 1. The van der Waals surface area contributed by atoms with Gasteiger partial charge in [0.05, 0.1) is 5.60 Å². The molecule has 0 unspecified atom stereocenters. The Morgan fingerprint density at radius 1 is 1.20 bits per heavy atom. The SMILES string of the molecule is CC(C)CC[C@@](C)(O)CNC(=O)C1CCN(C(=O)OC(C)(C)C)CC1. The Labute approximate surface area is 152 Å². The molecule has 1 heterocycles. The lowest BCUT2D eigenvalue weighted by Gasteiger charge is -2.33. The van der Waals surface area contributed by atoms with Gasteiger partial charge < -0.3 is 20.1 Å². The van der Waals surface area contributed by atoms with Gasteiger partial charge in [0.25, 0.3) is 0 Å². The van der Waals surface area contributed by atoms with Crippen LogP contribution in [0.4, 0.5) is 4.79 Å². The van der Waals surface area contributed by atoms with Crippen molar-refractivity contribution in [1.29, 1.82) is 0 Å². The molecular formula is C19H36N2O4. The second kappa shape index (κ2) is 8.88. The number of likely N-dealkylation sites (tertiary alicyclic amines) is 1. The number of amides is 2. The molecule has 1 rings (SSSR count). The minimum absolute atomic E-state index is 0.0336. The van der Waals surface area contributed by atoms with Crippen LogP contribution in [0.15, 0.2) is 0 Å². The summed E-state index contributed by atoms with van der Waals surface area (Å²) in [5, 5.41) is 13.2. The topological polar surface area (TPSA) is 78.9 Å². The molecule has 0 saturated carbocycles. The first kappa shape index (κ1) is 21.7. The lowest BCUT2D eigenvalue weighted by molar-refractivity contribution is -0.127. The van der Waals surface area contributed by atoms with E-state index in [1.54, 1.807) is 11.8 Å². The van der Waals surface area contributed by atoms with E-state index in [0.29, 0.717) is 38.3 Å². The van der Waals surface area contributed by atoms with E-state index in [2.05, 4.69) is 19.2 Å². The Bertz CT molecular complexity index is 447. The molecule has 1 fully saturated rings. The van der Waals surface area contributed by atoms with Crippen LogP contribution in [0.1, 0.15) is 67.2 Å². The summed E-state index contributed by atoms with van der Waals surface area (Å²) in [6, 6.07) is 0. The smallest absolute Gasteiger partial charge is 0.410 e. The van der Waals surface area contributed by atoms with Crippen LogP contribution in [0.2, 0.25) is 0 Å². The molecule has 25 heavy (non-hydrogen) atoms. The van der Waals surface area contributed by atoms with Crippen molar-refractivity contribution in [3.8, 4) is 0 Å². The van der Waals surface area contributed by atoms with Crippen molar-refractivity contribution in [2.24, 2.45) is 11.8 Å². The highest BCUT2D eigenvalue weighted by atomic mass is 16.6. The first-order valence-corrected chi connectivity index (χ1v) is 9.37. The maximum Gasteiger partial charge on any atom is 0.410 e. The average molecular weight is 357 g/mol. The van der Waals surface area contributed by atoms with Gasteiger partial charge in [-0.05, 0) is 59.3 Å². The maximum atomic E-state index is 12.3. The molecule has 0 radical (unpaired) electrons. The van der Waals surface area contributed by atoms with Crippen LogP contribution in [-0.2, 0) is 9.53 Å². The van der Waals surface area contributed by atoms with Crippen LogP contribution >= 0.6 is 0 Å². The summed E-state index contributed by atoms with van der Waals surface area (Å²) in [7, 11) is 0. The van der Waals surface area contributed by atoms with Crippen molar-refractivity contribution in [2.45, 2.75) is 78.4 Å². The number of aliphatic hydroxyl groups is 1. The van der Waals surface area contributed by atoms with Gasteiger partial charge in [0.2, 0.25) is 5.91 Å². The fourth-order valence-electron chi connectivity index (χ4n) is 2.76. The van der Waals surface area contributed by atoms with E-state index in [4.69, 9.17) is 4.74 Å². The molecule has 1 saturated heterocycles. The molecule has 0 aliphatic carbocycles. The van der Waals surface area contributed by atoms with Gasteiger partial charge in [0.15, 0.2) is 0 Å². The molecule has 6 heteroatoms. The van der Waals surface area contributed by atoms with E-state index in [0.717, 1.165) is 6.42 Å². The maximum absolute atomic E-state index is 12.3. The largest absolute Gasteiger partial charge is 0.444 e. The zero-order chi connectivity index (χ0) is 19.3. The Morgan fingerprint density at radius 3 is 2.24 bits per heavy atom. The third-order valence-electron chi connectivity index (χ3n) is 4.42. The van der Waals surface area contributed by atoms with Crippen LogP contribution in [0, 0.1) is 11.8 Å². The van der Waals surface area contributed by atoms with Gasteiger partial charge in [-0.2, -0.15) is 0 Å². The van der Waals surface area contributed by atoms with Crippen LogP contribution in [0.3, 0.4) is 0 Å². The number of rotatable bonds is 6. The Morgan fingerprint density at radius 2 is 1.76 bits per heavy atom. The fraction of sp³-hybridized carbons (Fsp3) is 0.895. The quantitative estimate of drug-likeness (QED) is 0.767. The molecule has 0 aromatic rings. The summed E-state index contributed by atoms with van der Waals surface area (Å²) in [5.74, 6) is 0.382. The number of nitrogens with zero attached hydrogens (tertiary/aromatic N) is 1. The first-order valence-electron chi connectivity index (χ1n) is 9.37. The standard InChI is InChI=1S/C19H36N2O4/c1-14(2)7-10-19(6,24)13-20-16(22)15-8-11-21(12-9-15)17(23)25-18(3,4)5/h14-15,24H,7-13H2,1-6H3,(H,20,22)/t19-/m1/s1. The van der Waals surface area contributed by atoms with Crippen molar-refractivity contribution in [3.63, 3.8) is 0 Å². The normalized spacial score (nSPS) is 18.8. The molecule has 0 aromatic carbocycles. The van der Waals surface area contributed by atoms with E-state index >= 15 is 0 Å². The summed E-state index contributed by atoms with van der Waals surface area (Å²) in [4.78, 5) is 26.0. The Hall–Kier alpha value is -1.30. The highest BCUT2D eigenvalue weighted by Crippen LogP contribution is 2.21. The number of carbonyl (C=O) groups is 2. The van der Waals surface area contributed by atoms with E-state index in [-0.39, 0.29) is 24.5 Å². The van der Waals surface area contributed by atoms with Crippen LogP contribution < -0.4 is 5.32 Å². The van der Waals surface area contributed by atoms with Crippen LogP contribution in [0.25, 0.3) is 0 Å². The average Bonchev–Trinajstić information content (AvgIpc) is 2.49. The number of carbonyl (C=O) groups excluding carboxylic acids is 2. The third kappa shape index (κ3) is 8.56. The van der Waals surface area contributed by atoms with Crippen LogP contribution in [-0.4, -0.2) is 52.8 Å². The number of hydrogen-bond acceptors (Lipinski definition) is 4. The van der Waals surface area contributed by atoms with E-state index < -0.39 is 11.2 Å². The summed E-state index contributed by atoms with van der Waals surface area (Å²) in [6.07, 6.45) is 2.53. The van der Waals surface area contributed by atoms with Gasteiger partial charge >= 0.3 is 6.09 Å². The second-order valence-corrected chi connectivity index (χ2v) is 8.89. The van der Waals surface area contributed by atoms with Gasteiger partial charge in [0, 0.05) is 25.6 Å².